The number of benzene rings is 2. The van der Waals surface area contributed by atoms with E-state index in [1.165, 1.54) is 29.2 Å². The van der Waals surface area contributed by atoms with Gasteiger partial charge in [-0.25, -0.2) is 0 Å². The van der Waals surface area contributed by atoms with Crippen molar-refractivity contribution in [3.05, 3.63) is 48.0 Å². The Morgan fingerprint density at radius 1 is 1.00 bits per heavy atom. The van der Waals surface area contributed by atoms with Gasteiger partial charge in [-0.2, -0.15) is 0 Å². The van der Waals surface area contributed by atoms with Crippen molar-refractivity contribution < 1.29 is 0 Å². The van der Waals surface area contributed by atoms with Gasteiger partial charge >= 0.3 is 0 Å². The molecule has 96 valence electrons. The van der Waals surface area contributed by atoms with Crippen LogP contribution in [0.1, 0.15) is 31.2 Å². The van der Waals surface area contributed by atoms with E-state index < -0.39 is 0 Å². The maximum Gasteiger partial charge on any atom is -0.00190 e. The molecular formula is C17H23N. The highest BCUT2D eigenvalue weighted by Gasteiger charge is 2.12. The highest BCUT2D eigenvalue weighted by molar-refractivity contribution is 5.86. The topological polar surface area (TPSA) is 3.24 Å². The van der Waals surface area contributed by atoms with Crippen LogP contribution in [-0.4, -0.2) is 25.5 Å². The van der Waals surface area contributed by atoms with Gasteiger partial charge in [0.15, 0.2) is 0 Å². The van der Waals surface area contributed by atoms with E-state index in [-0.39, 0.29) is 0 Å². The summed E-state index contributed by atoms with van der Waals surface area (Å²) in [5.74, 6) is 0.665. The van der Waals surface area contributed by atoms with Crippen LogP contribution in [0.3, 0.4) is 0 Å². The third-order valence-corrected chi connectivity index (χ3v) is 3.68. The second-order valence-corrected chi connectivity index (χ2v) is 5.27. The van der Waals surface area contributed by atoms with Crippen LogP contribution in [0.5, 0.6) is 0 Å². The van der Waals surface area contributed by atoms with Crippen LogP contribution in [0, 0.1) is 0 Å². The summed E-state index contributed by atoms with van der Waals surface area (Å²) >= 11 is 0. The fourth-order valence-corrected chi connectivity index (χ4v) is 2.60. The fourth-order valence-electron chi connectivity index (χ4n) is 2.60. The lowest BCUT2D eigenvalue weighted by Gasteiger charge is -2.20. The van der Waals surface area contributed by atoms with E-state index >= 15 is 0 Å². The minimum Gasteiger partial charge on any atom is -0.309 e. The largest absolute Gasteiger partial charge is 0.309 e. The summed E-state index contributed by atoms with van der Waals surface area (Å²) in [6.07, 6.45) is 2.44. The number of fused-ring (bicyclic) bond motifs is 1. The Labute approximate surface area is 110 Å². The Kier molecular flexibility index (Phi) is 4.38. The Bertz CT molecular complexity index is 496. The van der Waals surface area contributed by atoms with Gasteiger partial charge in [-0.05, 0) is 55.7 Å². The molecule has 18 heavy (non-hydrogen) atoms. The van der Waals surface area contributed by atoms with Crippen LogP contribution < -0.4 is 0 Å². The third kappa shape index (κ3) is 2.91. The van der Waals surface area contributed by atoms with Gasteiger partial charge in [-0.1, -0.05) is 49.4 Å². The molecule has 2 aromatic rings. The van der Waals surface area contributed by atoms with Crippen molar-refractivity contribution in [2.45, 2.75) is 25.7 Å². The SMILES string of the molecule is CCC(CCN(C)C)c1cccc2ccccc12. The maximum absolute atomic E-state index is 2.30. The normalized spacial score (nSPS) is 13.1. The zero-order chi connectivity index (χ0) is 13.0. The lowest BCUT2D eigenvalue weighted by atomic mass is 9.89. The van der Waals surface area contributed by atoms with Gasteiger partial charge in [0.2, 0.25) is 0 Å². The molecule has 0 aliphatic carbocycles. The van der Waals surface area contributed by atoms with Crippen molar-refractivity contribution in [3.8, 4) is 0 Å². The molecule has 1 atom stereocenters. The first-order valence-corrected chi connectivity index (χ1v) is 6.84. The van der Waals surface area contributed by atoms with Crippen molar-refractivity contribution in [1.29, 1.82) is 0 Å². The molecule has 1 heteroatoms. The Hall–Kier alpha value is -1.34. The lowest BCUT2D eigenvalue weighted by molar-refractivity contribution is 0.378. The summed E-state index contributed by atoms with van der Waals surface area (Å²) in [5, 5.41) is 2.78. The summed E-state index contributed by atoms with van der Waals surface area (Å²) < 4.78 is 0. The van der Waals surface area contributed by atoms with Crippen LogP contribution in [0.4, 0.5) is 0 Å². The van der Waals surface area contributed by atoms with Crippen LogP contribution in [-0.2, 0) is 0 Å². The van der Waals surface area contributed by atoms with Crippen LogP contribution in [0.25, 0.3) is 10.8 Å². The summed E-state index contributed by atoms with van der Waals surface area (Å²) in [6.45, 7) is 3.45. The Morgan fingerprint density at radius 3 is 2.44 bits per heavy atom. The zero-order valence-corrected chi connectivity index (χ0v) is 11.7. The molecule has 1 nitrogen and oxygen atoms in total. The Balaban J connectivity index is 2.32. The first-order valence-electron chi connectivity index (χ1n) is 6.84. The molecule has 0 saturated carbocycles. The molecule has 0 N–H and O–H groups in total. The average Bonchev–Trinajstić information content (AvgIpc) is 2.39. The monoisotopic (exact) mass is 241 g/mol. The molecule has 0 spiro atoms. The molecule has 1 unspecified atom stereocenters. The third-order valence-electron chi connectivity index (χ3n) is 3.68. The van der Waals surface area contributed by atoms with Crippen molar-refractivity contribution in [1.82, 2.24) is 4.90 Å². The first-order chi connectivity index (χ1) is 8.72. The van der Waals surface area contributed by atoms with Crippen molar-refractivity contribution >= 4 is 10.8 Å². The van der Waals surface area contributed by atoms with Gasteiger partial charge in [0, 0.05) is 0 Å². The Morgan fingerprint density at radius 2 is 1.72 bits per heavy atom. The van der Waals surface area contributed by atoms with Crippen molar-refractivity contribution in [3.63, 3.8) is 0 Å². The van der Waals surface area contributed by atoms with E-state index in [0.717, 1.165) is 6.54 Å². The van der Waals surface area contributed by atoms with Crippen LogP contribution in [0.15, 0.2) is 42.5 Å². The van der Waals surface area contributed by atoms with Gasteiger partial charge in [0.05, 0.1) is 0 Å². The molecule has 0 fully saturated rings. The summed E-state index contributed by atoms with van der Waals surface area (Å²) in [5.41, 5.74) is 1.51. The molecule has 2 rings (SSSR count). The lowest BCUT2D eigenvalue weighted by Crippen LogP contribution is -2.15. The first kappa shape index (κ1) is 13.1. The van der Waals surface area contributed by atoms with Gasteiger partial charge in [-0.15, -0.1) is 0 Å². The molecule has 0 amide bonds. The molecule has 2 aromatic carbocycles. The van der Waals surface area contributed by atoms with Gasteiger partial charge in [0.25, 0.3) is 0 Å². The maximum atomic E-state index is 2.30. The van der Waals surface area contributed by atoms with E-state index in [2.05, 4.69) is 68.4 Å². The van der Waals surface area contributed by atoms with E-state index in [1.54, 1.807) is 0 Å². The molecule has 0 heterocycles. The van der Waals surface area contributed by atoms with Gasteiger partial charge in [-0.3, -0.25) is 0 Å². The van der Waals surface area contributed by atoms with Crippen LogP contribution in [0.2, 0.25) is 0 Å². The molecule has 0 bridgehead atoms. The van der Waals surface area contributed by atoms with Crippen molar-refractivity contribution in [2.75, 3.05) is 20.6 Å². The van der Waals surface area contributed by atoms with Gasteiger partial charge in [0.1, 0.15) is 0 Å². The predicted molar refractivity (Wildman–Crippen MR) is 80.2 cm³/mol. The van der Waals surface area contributed by atoms with Crippen LogP contribution >= 0.6 is 0 Å². The second kappa shape index (κ2) is 6.01. The predicted octanol–water partition coefficient (Wildman–Crippen LogP) is 4.29. The fraction of sp³-hybridized carbons (Fsp3) is 0.412. The number of hydrogen-bond donors (Lipinski definition) is 0. The zero-order valence-electron chi connectivity index (χ0n) is 11.7. The molecule has 0 aromatic heterocycles. The molecule has 0 radical (unpaired) electrons. The smallest absolute Gasteiger partial charge is 0.00190 e. The quantitative estimate of drug-likeness (QED) is 0.755. The minimum atomic E-state index is 0.665. The van der Waals surface area contributed by atoms with E-state index in [0.29, 0.717) is 5.92 Å². The summed E-state index contributed by atoms with van der Waals surface area (Å²) in [6, 6.07) is 15.4. The number of nitrogens with zero attached hydrogens (tertiary/aromatic N) is 1. The molecular weight excluding hydrogens is 218 g/mol. The second-order valence-electron chi connectivity index (χ2n) is 5.27. The minimum absolute atomic E-state index is 0.665. The molecule has 0 aliphatic rings. The molecule has 0 saturated heterocycles. The standard InChI is InChI=1S/C17H23N/c1-4-14(12-13-18(2)3)16-11-7-9-15-8-5-6-10-17(15)16/h5-11,14H,4,12-13H2,1-3H3. The summed E-state index contributed by atoms with van der Waals surface area (Å²) in [7, 11) is 4.30. The number of rotatable bonds is 5. The van der Waals surface area contributed by atoms with Crippen molar-refractivity contribution in [2.24, 2.45) is 0 Å². The molecule has 0 aliphatic heterocycles. The summed E-state index contributed by atoms with van der Waals surface area (Å²) in [4.78, 5) is 2.27. The van der Waals surface area contributed by atoms with Gasteiger partial charge < -0.3 is 4.90 Å². The highest BCUT2D eigenvalue weighted by atomic mass is 15.0. The van der Waals surface area contributed by atoms with E-state index in [1.807, 2.05) is 0 Å². The number of hydrogen-bond acceptors (Lipinski definition) is 1. The van der Waals surface area contributed by atoms with E-state index in [4.69, 9.17) is 0 Å². The van der Waals surface area contributed by atoms with E-state index in [9.17, 15) is 0 Å². The average molecular weight is 241 g/mol. The highest BCUT2D eigenvalue weighted by Crippen LogP contribution is 2.30.